The van der Waals surface area contributed by atoms with E-state index in [0.29, 0.717) is 25.2 Å². The normalized spacial score (nSPS) is 15.8. The van der Waals surface area contributed by atoms with Crippen molar-refractivity contribution in [2.45, 2.75) is 45.6 Å². The van der Waals surface area contributed by atoms with Gasteiger partial charge in [0.25, 0.3) is 5.91 Å². The first-order valence-corrected chi connectivity index (χ1v) is 9.17. The number of carbonyl (C=O) groups is 2. The van der Waals surface area contributed by atoms with E-state index in [1.165, 1.54) is 31.4 Å². The van der Waals surface area contributed by atoms with Gasteiger partial charge in [-0.2, -0.15) is 0 Å². The largest absolute Gasteiger partial charge is 0.355 e. The number of carbonyl (C=O) groups excluding carboxylic acids is 2. The van der Waals surface area contributed by atoms with Crippen molar-refractivity contribution in [2.24, 2.45) is 0 Å². The molecule has 2 amide bonds. The zero-order valence-corrected chi connectivity index (χ0v) is 15.3. The molecular weight excluding hydrogens is 318 g/mol. The summed E-state index contributed by atoms with van der Waals surface area (Å²) in [6.07, 6.45) is 8.14. The highest BCUT2D eigenvalue weighted by Crippen LogP contribution is 2.10. The van der Waals surface area contributed by atoms with Gasteiger partial charge >= 0.3 is 0 Å². The zero-order valence-electron chi connectivity index (χ0n) is 15.3. The average molecular weight is 347 g/mol. The summed E-state index contributed by atoms with van der Waals surface area (Å²) in [5.41, 5.74) is 0.317. The zero-order chi connectivity index (χ0) is 18.1. The minimum absolute atomic E-state index is 0.0144. The number of likely N-dealkylation sites (tertiary alicyclic amines) is 1. The maximum atomic E-state index is 12.6. The van der Waals surface area contributed by atoms with Crippen molar-refractivity contribution in [3.8, 4) is 0 Å². The highest BCUT2D eigenvalue weighted by Gasteiger charge is 2.22. The van der Waals surface area contributed by atoms with E-state index in [9.17, 15) is 9.59 Å². The molecule has 1 N–H and O–H groups in total. The van der Waals surface area contributed by atoms with Gasteiger partial charge in [0.05, 0.1) is 6.20 Å². The highest BCUT2D eigenvalue weighted by molar-refractivity contribution is 5.92. The molecule has 1 aliphatic rings. The van der Waals surface area contributed by atoms with Crippen molar-refractivity contribution in [1.82, 2.24) is 25.1 Å². The Bertz CT molecular complexity index is 546. The quantitative estimate of drug-likeness (QED) is 0.729. The second-order valence-corrected chi connectivity index (χ2v) is 6.50. The first kappa shape index (κ1) is 19.3. The Kier molecular flexibility index (Phi) is 7.78. The van der Waals surface area contributed by atoms with Crippen molar-refractivity contribution >= 4 is 11.8 Å². The maximum absolute atomic E-state index is 12.6. The van der Waals surface area contributed by atoms with Crippen LogP contribution in [0.25, 0.3) is 0 Å². The number of rotatable bonds is 9. The van der Waals surface area contributed by atoms with Crippen LogP contribution in [0.3, 0.4) is 0 Å². The van der Waals surface area contributed by atoms with Crippen molar-refractivity contribution in [3.05, 3.63) is 24.3 Å². The third-order valence-corrected chi connectivity index (χ3v) is 4.69. The minimum atomic E-state index is -0.174. The number of nitrogens with zero attached hydrogens (tertiary/aromatic N) is 4. The molecule has 0 saturated carbocycles. The summed E-state index contributed by atoms with van der Waals surface area (Å²) < 4.78 is 0. The lowest BCUT2D eigenvalue weighted by Gasteiger charge is -2.28. The lowest BCUT2D eigenvalue weighted by molar-refractivity contribution is -0.121. The predicted octanol–water partition coefficient (Wildman–Crippen LogP) is 1.32. The fourth-order valence-electron chi connectivity index (χ4n) is 2.97. The molecule has 0 aliphatic carbocycles. The molecule has 2 rings (SSSR count). The van der Waals surface area contributed by atoms with Crippen LogP contribution in [-0.4, -0.2) is 70.3 Å². The van der Waals surface area contributed by atoms with Gasteiger partial charge in [-0.05, 0) is 39.3 Å². The molecule has 25 heavy (non-hydrogen) atoms. The SMILES string of the molecule is CCC(C)N(CCC(=O)NCCN1CCCC1)C(=O)c1cnccn1. The van der Waals surface area contributed by atoms with Gasteiger partial charge in [-0.1, -0.05) is 6.92 Å². The Morgan fingerprint density at radius 1 is 1.32 bits per heavy atom. The molecule has 0 aromatic carbocycles. The maximum Gasteiger partial charge on any atom is 0.274 e. The standard InChI is InChI=1S/C18H29N5O2/c1-3-15(2)23(18(25)16-14-19-7-8-20-16)12-6-17(24)21-9-13-22-10-4-5-11-22/h7-8,14-15H,3-6,9-13H2,1-2H3,(H,21,24). The monoisotopic (exact) mass is 347 g/mol. The molecule has 2 heterocycles. The molecule has 1 atom stereocenters. The van der Waals surface area contributed by atoms with Gasteiger partial charge in [0, 0.05) is 44.5 Å². The van der Waals surface area contributed by atoms with Gasteiger partial charge in [0.15, 0.2) is 0 Å². The summed E-state index contributed by atoms with van der Waals surface area (Å²) in [5, 5.41) is 2.95. The van der Waals surface area contributed by atoms with Crippen LogP contribution in [-0.2, 0) is 4.79 Å². The van der Waals surface area contributed by atoms with Crippen LogP contribution < -0.4 is 5.32 Å². The third-order valence-electron chi connectivity index (χ3n) is 4.69. The van der Waals surface area contributed by atoms with Crippen LogP contribution in [0.2, 0.25) is 0 Å². The van der Waals surface area contributed by atoms with E-state index < -0.39 is 0 Å². The number of aromatic nitrogens is 2. The first-order chi connectivity index (χ1) is 12.1. The molecule has 1 aromatic rings. The summed E-state index contributed by atoms with van der Waals surface area (Å²) in [7, 11) is 0. The molecule has 0 radical (unpaired) electrons. The van der Waals surface area contributed by atoms with Crippen molar-refractivity contribution in [1.29, 1.82) is 0 Å². The Morgan fingerprint density at radius 2 is 2.08 bits per heavy atom. The Hall–Kier alpha value is -2.02. The molecule has 7 nitrogen and oxygen atoms in total. The molecule has 7 heteroatoms. The second kappa shape index (κ2) is 10.1. The number of hydrogen-bond acceptors (Lipinski definition) is 5. The van der Waals surface area contributed by atoms with Crippen molar-refractivity contribution in [2.75, 3.05) is 32.7 Å². The lowest BCUT2D eigenvalue weighted by atomic mass is 10.2. The fraction of sp³-hybridized carbons (Fsp3) is 0.667. The minimum Gasteiger partial charge on any atom is -0.355 e. The van der Waals surface area contributed by atoms with Crippen LogP contribution in [0.1, 0.15) is 50.0 Å². The smallest absolute Gasteiger partial charge is 0.274 e. The van der Waals surface area contributed by atoms with Gasteiger partial charge in [-0.3, -0.25) is 14.6 Å². The van der Waals surface area contributed by atoms with E-state index in [-0.39, 0.29) is 17.9 Å². The fourth-order valence-corrected chi connectivity index (χ4v) is 2.97. The van der Waals surface area contributed by atoms with Crippen LogP contribution in [0.4, 0.5) is 0 Å². The highest BCUT2D eigenvalue weighted by atomic mass is 16.2. The van der Waals surface area contributed by atoms with E-state index in [0.717, 1.165) is 26.1 Å². The van der Waals surface area contributed by atoms with E-state index in [1.807, 2.05) is 13.8 Å². The van der Waals surface area contributed by atoms with Crippen molar-refractivity contribution < 1.29 is 9.59 Å². The van der Waals surface area contributed by atoms with Crippen LogP contribution in [0, 0.1) is 0 Å². The predicted molar refractivity (Wildman–Crippen MR) is 96.1 cm³/mol. The average Bonchev–Trinajstić information content (AvgIpc) is 3.15. The summed E-state index contributed by atoms with van der Waals surface area (Å²) in [6.45, 7) is 8.23. The molecule has 1 fully saturated rings. The van der Waals surface area contributed by atoms with Crippen LogP contribution >= 0.6 is 0 Å². The molecule has 0 bridgehead atoms. The topological polar surface area (TPSA) is 78.4 Å². The van der Waals surface area contributed by atoms with Gasteiger partial charge in [0.1, 0.15) is 5.69 Å². The summed E-state index contributed by atoms with van der Waals surface area (Å²) >= 11 is 0. The van der Waals surface area contributed by atoms with Gasteiger partial charge in [-0.25, -0.2) is 4.98 Å². The van der Waals surface area contributed by atoms with Crippen LogP contribution in [0.15, 0.2) is 18.6 Å². The number of amides is 2. The summed E-state index contributed by atoms with van der Waals surface area (Å²) in [6, 6.07) is 0.0481. The number of hydrogen-bond donors (Lipinski definition) is 1. The molecular formula is C18H29N5O2. The molecule has 1 saturated heterocycles. The van der Waals surface area contributed by atoms with E-state index in [4.69, 9.17) is 0 Å². The second-order valence-electron chi connectivity index (χ2n) is 6.50. The van der Waals surface area contributed by atoms with Crippen molar-refractivity contribution in [3.63, 3.8) is 0 Å². The molecule has 1 unspecified atom stereocenters. The Morgan fingerprint density at radius 3 is 2.72 bits per heavy atom. The summed E-state index contributed by atoms with van der Waals surface area (Å²) in [5.74, 6) is -0.188. The molecule has 1 aliphatic heterocycles. The Labute approximate surface area is 149 Å². The molecule has 138 valence electrons. The molecule has 0 spiro atoms. The van der Waals surface area contributed by atoms with Crippen LogP contribution in [0.5, 0.6) is 0 Å². The van der Waals surface area contributed by atoms with E-state index in [2.05, 4.69) is 20.2 Å². The lowest BCUT2D eigenvalue weighted by Crippen LogP contribution is -2.42. The summed E-state index contributed by atoms with van der Waals surface area (Å²) in [4.78, 5) is 36.8. The molecule has 1 aromatic heterocycles. The Balaban J connectivity index is 1.80. The van der Waals surface area contributed by atoms with E-state index in [1.54, 1.807) is 4.90 Å². The first-order valence-electron chi connectivity index (χ1n) is 9.17. The number of nitrogens with one attached hydrogen (secondary N) is 1. The van der Waals surface area contributed by atoms with E-state index >= 15 is 0 Å². The van der Waals surface area contributed by atoms with Gasteiger partial charge in [-0.15, -0.1) is 0 Å². The third kappa shape index (κ3) is 6.08. The van der Waals surface area contributed by atoms with Gasteiger partial charge in [0.2, 0.25) is 5.91 Å². The van der Waals surface area contributed by atoms with Gasteiger partial charge < -0.3 is 15.1 Å².